The highest BCUT2D eigenvalue weighted by Crippen LogP contribution is 2.33. The van der Waals surface area contributed by atoms with Crippen LogP contribution in [-0.2, 0) is 43.4 Å². The molecule has 2 aromatic carbocycles. The Hall–Kier alpha value is -4.42. The number of hydrogen-bond acceptors (Lipinski definition) is 8. The lowest BCUT2D eigenvalue weighted by atomic mass is 10.0. The van der Waals surface area contributed by atoms with Gasteiger partial charge in [0.2, 0.25) is 17.7 Å². The number of nitrogens with one attached hydrogen (secondary N) is 1. The number of imidazole rings is 1. The normalized spacial score (nSPS) is 19.4. The van der Waals surface area contributed by atoms with E-state index in [-0.39, 0.29) is 56.5 Å². The van der Waals surface area contributed by atoms with Gasteiger partial charge in [-0.1, -0.05) is 18.2 Å². The Balaban J connectivity index is 1.39. The van der Waals surface area contributed by atoms with Crippen LogP contribution >= 0.6 is 0 Å². The lowest BCUT2D eigenvalue weighted by Gasteiger charge is -2.39. The van der Waals surface area contributed by atoms with E-state index in [0.717, 1.165) is 17.0 Å². The Morgan fingerprint density at radius 3 is 2.76 bits per heavy atom. The summed E-state index contributed by atoms with van der Waals surface area (Å²) >= 11 is 0. The van der Waals surface area contributed by atoms with Gasteiger partial charge in [0.25, 0.3) is 0 Å². The van der Waals surface area contributed by atoms with Crippen molar-refractivity contribution in [1.29, 1.82) is 0 Å². The molecular formula is C34H43N5O7. The number of carbonyl (C=O) groups excluding carboxylic acids is 3. The van der Waals surface area contributed by atoms with Crippen molar-refractivity contribution in [1.82, 2.24) is 24.7 Å². The van der Waals surface area contributed by atoms with Gasteiger partial charge >= 0.3 is 0 Å². The van der Waals surface area contributed by atoms with E-state index in [4.69, 9.17) is 18.9 Å². The second-order valence-electron chi connectivity index (χ2n) is 11.7. The largest absolute Gasteiger partial charge is 0.493 e. The maximum absolute atomic E-state index is 13.5. The molecule has 12 heteroatoms. The third kappa shape index (κ3) is 8.64. The molecule has 3 aromatic rings. The maximum atomic E-state index is 13.5. The summed E-state index contributed by atoms with van der Waals surface area (Å²) in [7, 11) is 3.19. The number of amides is 3. The average Bonchev–Trinajstić information content (AvgIpc) is 3.46. The Labute approximate surface area is 269 Å². The Kier molecular flexibility index (Phi) is 11.3. The van der Waals surface area contributed by atoms with Gasteiger partial charge in [0.1, 0.15) is 18.1 Å². The summed E-state index contributed by atoms with van der Waals surface area (Å²) in [5.41, 5.74) is 1.82. The van der Waals surface area contributed by atoms with Crippen LogP contribution in [0.2, 0.25) is 0 Å². The first kappa shape index (κ1) is 33.0. The zero-order valence-corrected chi connectivity index (χ0v) is 26.8. The molecule has 0 saturated carbocycles. The van der Waals surface area contributed by atoms with Crippen molar-refractivity contribution in [3.8, 4) is 17.2 Å². The number of hydrogen-bond donors (Lipinski definition) is 1. The number of fused-ring (bicyclic) bond motifs is 9. The van der Waals surface area contributed by atoms with Crippen LogP contribution in [0.15, 0.2) is 54.9 Å². The van der Waals surface area contributed by atoms with Crippen LogP contribution in [0.5, 0.6) is 17.2 Å². The molecule has 1 N–H and O–H groups in total. The predicted octanol–water partition coefficient (Wildman–Crippen LogP) is 3.11. The quantitative estimate of drug-likeness (QED) is 0.394. The zero-order valence-electron chi connectivity index (χ0n) is 26.8. The smallest absolute Gasteiger partial charge is 0.242 e. The van der Waals surface area contributed by atoms with E-state index in [1.807, 2.05) is 49.4 Å². The van der Waals surface area contributed by atoms with Crippen molar-refractivity contribution in [2.45, 2.75) is 57.9 Å². The van der Waals surface area contributed by atoms with Crippen molar-refractivity contribution < 1.29 is 33.3 Å². The van der Waals surface area contributed by atoms with Crippen LogP contribution in [0.3, 0.4) is 0 Å². The van der Waals surface area contributed by atoms with E-state index in [1.165, 1.54) is 0 Å². The number of rotatable bonds is 7. The number of ether oxygens (including phenoxy) is 4. The molecule has 4 heterocycles. The molecule has 3 aliphatic heterocycles. The summed E-state index contributed by atoms with van der Waals surface area (Å²) in [6.45, 7) is 3.83. The van der Waals surface area contributed by atoms with Gasteiger partial charge in [-0.25, -0.2) is 4.98 Å². The molecule has 3 aliphatic rings. The SMILES string of the molecule is COCCCN1CC(=O)N[C@H]2CN(C(=O)Cn3ccnc3C)CC[C@H]2OCc2cccc(c2)Oc2ccc(cc2OC)CCC1=O. The second kappa shape index (κ2) is 15.7. The van der Waals surface area contributed by atoms with Crippen LogP contribution in [0.25, 0.3) is 0 Å². The number of methoxy groups -OCH3 is 2. The number of likely N-dealkylation sites (tertiary alicyclic amines) is 1. The van der Waals surface area contributed by atoms with E-state index < -0.39 is 6.04 Å². The van der Waals surface area contributed by atoms with E-state index in [0.29, 0.717) is 56.2 Å². The van der Waals surface area contributed by atoms with Crippen LogP contribution in [0.1, 0.15) is 36.2 Å². The summed E-state index contributed by atoms with van der Waals surface area (Å²) in [6, 6.07) is 12.8. The van der Waals surface area contributed by atoms with Crippen LogP contribution in [0, 0.1) is 6.92 Å². The minimum Gasteiger partial charge on any atom is -0.493 e. The Morgan fingerprint density at radius 1 is 1.11 bits per heavy atom. The second-order valence-corrected chi connectivity index (χ2v) is 11.7. The molecule has 1 saturated heterocycles. The molecule has 0 unspecified atom stereocenters. The summed E-state index contributed by atoms with van der Waals surface area (Å²) in [5.74, 6) is 2.01. The first-order valence-electron chi connectivity index (χ1n) is 15.7. The zero-order chi connectivity index (χ0) is 32.5. The molecule has 246 valence electrons. The van der Waals surface area contributed by atoms with E-state index in [9.17, 15) is 14.4 Å². The van der Waals surface area contributed by atoms with Crippen molar-refractivity contribution >= 4 is 17.7 Å². The molecule has 2 atom stereocenters. The van der Waals surface area contributed by atoms with Gasteiger partial charge in [0.05, 0.1) is 32.4 Å². The van der Waals surface area contributed by atoms with Gasteiger partial charge in [0, 0.05) is 52.2 Å². The van der Waals surface area contributed by atoms with E-state index in [2.05, 4.69) is 10.3 Å². The minimum atomic E-state index is -0.467. The molecule has 0 spiro atoms. The van der Waals surface area contributed by atoms with Gasteiger partial charge in [-0.15, -0.1) is 0 Å². The molecule has 1 fully saturated rings. The summed E-state index contributed by atoms with van der Waals surface area (Å²) in [4.78, 5) is 47.8. The number of carbonyl (C=O) groups is 3. The molecule has 0 aliphatic carbocycles. The standard InChI is InChI=1S/C34H43N5O7/c1-24-35-13-16-37(24)22-34(42)39-15-12-29-28(20-39)36-32(40)21-38(14-5-17-43-2)33(41)11-9-25-8-10-30(31(19-25)44-3)46-27-7-4-6-26(18-27)23-45-29/h4,6-8,10,13,16,18-19,28-29H,5,9,11-12,14-15,17,20-23H2,1-3H3,(H,36,40)/t28-,29+/m0/s1. The molecule has 3 amide bonds. The Morgan fingerprint density at radius 2 is 1.98 bits per heavy atom. The highest BCUT2D eigenvalue weighted by molar-refractivity contribution is 5.85. The fraction of sp³-hybridized carbons (Fsp3) is 0.471. The highest BCUT2D eigenvalue weighted by atomic mass is 16.5. The number of piperidine rings is 1. The maximum Gasteiger partial charge on any atom is 0.242 e. The van der Waals surface area contributed by atoms with E-state index >= 15 is 0 Å². The molecule has 12 nitrogen and oxygen atoms in total. The first-order chi connectivity index (χ1) is 22.3. The lowest BCUT2D eigenvalue weighted by Crippen LogP contribution is -2.58. The fourth-order valence-corrected chi connectivity index (χ4v) is 5.82. The molecule has 46 heavy (non-hydrogen) atoms. The monoisotopic (exact) mass is 633 g/mol. The first-order valence-corrected chi connectivity index (χ1v) is 15.7. The molecule has 4 bridgehead atoms. The van der Waals surface area contributed by atoms with Crippen molar-refractivity contribution in [3.63, 3.8) is 0 Å². The summed E-state index contributed by atoms with van der Waals surface area (Å²) in [6.07, 6.45) is 4.92. The van der Waals surface area contributed by atoms with Crippen LogP contribution in [0.4, 0.5) is 0 Å². The van der Waals surface area contributed by atoms with Gasteiger partial charge < -0.3 is 38.6 Å². The number of benzene rings is 2. The Bertz CT molecular complexity index is 1510. The van der Waals surface area contributed by atoms with Crippen LogP contribution < -0.4 is 14.8 Å². The topological polar surface area (TPSA) is 124 Å². The third-order valence-corrected chi connectivity index (χ3v) is 8.39. The van der Waals surface area contributed by atoms with Crippen molar-refractivity contribution in [2.24, 2.45) is 0 Å². The molecule has 6 rings (SSSR count). The fourth-order valence-electron chi connectivity index (χ4n) is 5.82. The predicted molar refractivity (Wildman–Crippen MR) is 170 cm³/mol. The molecular weight excluding hydrogens is 590 g/mol. The number of nitrogens with zero attached hydrogens (tertiary/aromatic N) is 4. The van der Waals surface area contributed by atoms with Crippen LogP contribution in [-0.4, -0.2) is 96.2 Å². The van der Waals surface area contributed by atoms with Crippen molar-refractivity contribution in [2.75, 3.05) is 47.0 Å². The van der Waals surface area contributed by atoms with Gasteiger partial charge in [-0.3, -0.25) is 14.4 Å². The minimum absolute atomic E-state index is 0.0622. The highest BCUT2D eigenvalue weighted by Gasteiger charge is 2.34. The lowest BCUT2D eigenvalue weighted by molar-refractivity contribution is -0.139. The van der Waals surface area contributed by atoms with E-state index in [1.54, 1.807) is 41.0 Å². The van der Waals surface area contributed by atoms with Gasteiger partial charge in [-0.05, 0) is 61.6 Å². The molecule has 1 aromatic heterocycles. The average molecular weight is 634 g/mol. The van der Waals surface area contributed by atoms with Gasteiger partial charge in [-0.2, -0.15) is 0 Å². The summed E-state index contributed by atoms with van der Waals surface area (Å²) < 4.78 is 25.2. The third-order valence-electron chi connectivity index (χ3n) is 8.39. The van der Waals surface area contributed by atoms with Gasteiger partial charge in [0.15, 0.2) is 11.5 Å². The summed E-state index contributed by atoms with van der Waals surface area (Å²) in [5, 5.41) is 3.10. The number of aromatic nitrogens is 2. The number of aryl methyl sites for hydroxylation is 2. The molecule has 0 radical (unpaired) electrons. The van der Waals surface area contributed by atoms with Crippen molar-refractivity contribution in [3.05, 3.63) is 71.8 Å².